The highest BCUT2D eigenvalue weighted by atomic mass is 19.1. The van der Waals surface area contributed by atoms with Crippen molar-refractivity contribution in [2.45, 2.75) is 38.3 Å². The van der Waals surface area contributed by atoms with Gasteiger partial charge in [0.1, 0.15) is 17.3 Å². The van der Waals surface area contributed by atoms with Gasteiger partial charge in [-0.3, -0.25) is 4.99 Å². The molecule has 0 aliphatic heterocycles. The second-order valence-electron chi connectivity index (χ2n) is 6.00. The first-order chi connectivity index (χ1) is 11.1. The van der Waals surface area contributed by atoms with E-state index in [1.54, 1.807) is 13.1 Å². The summed E-state index contributed by atoms with van der Waals surface area (Å²) in [5, 5.41) is 6.66. The summed E-state index contributed by atoms with van der Waals surface area (Å²) in [6, 6.07) is 11.1. The maximum Gasteiger partial charge on any atom is 0.191 e. The summed E-state index contributed by atoms with van der Waals surface area (Å²) in [7, 11) is 1.73. The smallest absolute Gasteiger partial charge is 0.191 e. The van der Waals surface area contributed by atoms with Crippen LogP contribution < -0.4 is 10.6 Å². The predicted octanol–water partition coefficient (Wildman–Crippen LogP) is 3.51. The molecule has 2 aromatic rings. The van der Waals surface area contributed by atoms with Gasteiger partial charge in [-0.05, 0) is 44.0 Å². The molecule has 1 fully saturated rings. The average molecular weight is 315 g/mol. The van der Waals surface area contributed by atoms with Gasteiger partial charge in [0, 0.05) is 19.0 Å². The van der Waals surface area contributed by atoms with Crippen molar-refractivity contribution in [1.29, 1.82) is 0 Å². The Morgan fingerprint density at radius 2 is 2.09 bits per heavy atom. The molecular formula is C18H22FN3O. The molecule has 2 N–H and O–H groups in total. The van der Waals surface area contributed by atoms with Crippen LogP contribution in [0, 0.1) is 12.7 Å². The zero-order valence-corrected chi connectivity index (χ0v) is 13.6. The van der Waals surface area contributed by atoms with E-state index in [1.165, 1.54) is 6.07 Å². The van der Waals surface area contributed by atoms with Crippen LogP contribution in [0.25, 0.3) is 0 Å². The Bertz CT molecular complexity index is 710. The van der Waals surface area contributed by atoms with E-state index in [0.717, 1.165) is 23.5 Å². The highest BCUT2D eigenvalue weighted by Crippen LogP contribution is 2.41. The average Bonchev–Trinajstić information content (AvgIpc) is 3.15. The van der Waals surface area contributed by atoms with Crippen molar-refractivity contribution in [3.05, 3.63) is 59.3 Å². The second-order valence-corrected chi connectivity index (χ2v) is 6.00. The second kappa shape index (κ2) is 6.44. The SMILES string of the molecule is CN=C(NC(C)c1ccc(C)o1)NC1CC1c1ccccc1F. The molecular weight excluding hydrogens is 293 g/mol. The van der Waals surface area contributed by atoms with Crippen LogP contribution in [0.5, 0.6) is 0 Å². The van der Waals surface area contributed by atoms with Crippen LogP contribution >= 0.6 is 0 Å². The first kappa shape index (κ1) is 15.6. The Morgan fingerprint density at radius 1 is 1.30 bits per heavy atom. The summed E-state index contributed by atoms with van der Waals surface area (Å²) in [5.41, 5.74) is 0.773. The maximum atomic E-state index is 13.8. The summed E-state index contributed by atoms with van der Waals surface area (Å²) < 4.78 is 19.4. The molecule has 1 aromatic carbocycles. The van der Waals surface area contributed by atoms with E-state index in [-0.39, 0.29) is 23.8 Å². The summed E-state index contributed by atoms with van der Waals surface area (Å²) in [4.78, 5) is 4.25. The number of aliphatic imine (C=N–C) groups is 1. The molecule has 122 valence electrons. The minimum atomic E-state index is -0.135. The van der Waals surface area contributed by atoms with Gasteiger partial charge >= 0.3 is 0 Å². The Balaban J connectivity index is 1.58. The van der Waals surface area contributed by atoms with Gasteiger partial charge in [-0.15, -0.1) is 0 Å². The minimum absolute atomic E-state index is 0.0144. The Hall–Kier alpha value is -2.30. The van der Waals surface area contributed by atoms with Crippen molar-refractivity contribution < 1.29 is 8.81 Å². The predicted molar refractivity (Wildman–Crippen MR) is 89.0 cm³/mol. The lowest BCUT2D eigenvalue weighted by Crippen LogP contribution is -2.40. The molecule has 1 aliphatic rings. The van der Waals surface area contributed by atoms with E-state index in [9.17, 15) is 4.39 Å². The number of hydrogen-bond acceptors (Lipinski definition) is 2. The van der Waals surface area contributed by atoms with Gasteiger partial charge in [0.25, 0.3) is 0 Å². The van der Waals surface area contributed by atoms with Crippen molar-refractivity contribution >= 4 is 5.96 Å². The molecule has 0 amide bonds. The van der Waals surface area contributed by atoms with Gasteiger partial charge in [-0.1, -0.05) is 18.2 Å². The Labute approximate surface area is 135 Å². The fourth-order valence-corrected chi connectivity index (χ4v) is 2.78. The molecule has 0 bridgehead atoms. The van der Waals surface area contributed by atoms with E-state index < -0.39 is 0 Å². The number of nitrogens with zero attached hydrogens (tertiary/aromatic N) is 1. The van der Waals surface area contributed by atoms with Crippen LogP contribution in [0.4, 0.5) is 4.39 Å². The summed E-state index contributed by atoms with van der Waals surface area (Å²) in [6.45, 7) is 3.94. The lowest BCUT2D eigenvalue weighted by molar-refractivity contribution is 0.441. The third-order valence-electron chi connectivity index (χ3n) is 4.18. The fraction of sp³-hybridized carbons (Fsp3) is 0.389. The molecule has 23 heavy (non-hydrogen) atoms. The quantitative estimate of drug-likeness (QED) is 0.670. The van der Waals surface area contributed by atoms with Gasteiger partial charge in [0.2, 0.25) is 0 Å². The van der Waals surface area contributed by atoms with Crippen molar-refractivity contribution in [1.82, 2.24) is 10.6 Å². The number of hydrogen-bond donors (Lipinski definition) is 2. The molecule has 1 aromatic heterocycles. The monoisotopic (exact) mass is 315 g/mol. The summed E-state index contributed by atoms with van der Waals surface area (Å²) in [6.07, 6.45) is 0.913. The van der Waals surface area contributed by atoms with Gasteiger partial charge < -0.3 is 15.1 Å². The number of aryl methyl sites for hydroxylation is 1. The molecule has 3 rings (SSSR count). The summed E-state index contributed by atoms with van der Waals surface area (Å²) >= 11 is 0. The molecule has 1 aliphatic carbocycles. The van der Waals surface area contributed by atoms with E-state index >= 15 is 0 Å². The van der Waals surface area contributed by atoms with Crippen LogP contribution in [0.15, 0.2) is 45.8 Å². The van der Waals surface area contributed by atoms with E-state index in [4.69, 9.17) is 4.42 Å². The number of halogens is 1. The number of benzene rings is 1. The molecule has 0 saturated heterocycles. The molecule has 1 heterocycles. The number of rotatable bonds is 4. The lowest BCUT2D eigenvalue weighted by atomic mass is 10.1. The van der Waals surface area contributed by atoms with E-state index in [0.29, 0.717) is 5.96 Å². The normalized spacial score (nSPS) is 21.8. The van der Waals surface area contributed by atoms with E-state index in [1.807, 2.05) is 38.1 Å². The molecule has 0 radical (unpaired) electrons. The van der Waals surface area contributed by atoms with Crippen molar-refractivity contribution in [2.75, 3.05) is 7.05 Å². The van der Waals surface area contributed by atoms with E-state index in [2.05, 4.69) is 15.6 Å². The highest BCUT2D eigenvalue weighted by molar-refractivity contribution is 5.80. The van der Waals surface area contributed by atoms with Crippen LogP contribution in [0.1, 0.15) is 42.4 Å². The molecule has 3 unspecified atom stereocenters. The molecule has 4 nitrogen and oxygen atoms in total. The molecule has 1 saturated carbocycles. The van der Waals surface area contributed by atoms with Gasteiger partial charge in [0.05, 0.1) is 6.04 Å². The Morgan fingerprint density at radius 3 is 2.74 bits per heavy atom. The third kappa shape index (κ3) is 3.55. The first-order valence-corrected chi connectivity index (χ1v) is 7.89. The van der Waals surface area contributed by atoms with Crippen LogP contribution in [-0.2, 0) is 0 Å². The first-order valence-electron chi connectivity index (χ1n) is 7.89. The van der Waals surface area contributed by atoms with Crippen LogP contribution in [-0.4, -0.2) is 19.0 Å². The van der Waals surface area contributed by atoms with Crippen LogP contribution in [0.2, 0.25) is 0 Å². The van der Waals surface area contributed by atoms with Crippen molar-refractivity contribution in [2.24, 2.45) is 4.99 Å². The summed E-state index contributed by atoms with van der Waals surface area (Å²) in [5.74, 6) is 2.53. The zero-order chi connectivity index (χ0) is 16.4. The van der Waals surface area contributed by atoms with Crippen molar-refractivity contribution in [3.8, 4) is 0 Å². The molecule has 3 atom stereocenters. The molecule has 0 spiro atoms. The Kier molecular flexibility index (Phi) is 4.37. The zero-order valence-electron chi connectivity index (χ0n) is 13.6. The van der Waals surface area contributed by atoms with Crippen LogP contribution in [0.3, 0.4) is 0 Å². The topological polar surface area (TPSA) is 49.6 Å². The maximum absolute atomic E-state index is 13.8. The highest BCUT2D eigenvalue weighted by Gasteiger charge is 2.40. The van der Waals surface area contributed by atoms with Gasteiger partial charge in [-0.2, -0.15) is 0 Å². The third-order valence-corrected chi connectivity index (χ3v) is 4.18. The van der Waals surface area contributed by atoms with Crippen molar-refractivity contribution in [3.63, 3.8) is 0 Å². The number of furan rings is 1. The molecule has 5 heteroatoms. The minimum Gasteiger partial charge on any atom is -0.464 e. The van der Waals surface area contributed by atoms with Gasteiger partial charge in [0.15, 0.2) is 5.96 Å². The number of nitrogens with one attached hydrogen (secondary N) is 2. The lowest BCUT2D eigenvalue weighted by Gasteiger charge is -2.16. The largest absolute Gasteiger partial charge is 0.464 e. The fourth-order valence-electron chi connectivity index (χ4n) is 2.78. The van der Waals surface area contributed by atoms with Gasteiger partial charge in [-0.25, -0.2) is 4.39 Å². The number of guanidine groups is 1. The standard InChI is InChI=1S/C18H22FN3O/c1-11-8-9-17(23-11)12(2)21-18(20-3)22-16-10-14(16)13-6-4-5-7-15(13)19/h4-9,12,14,16H,10H2,1-3H3,(H2,20,21,22).